The van der Waals surface area contributed by atoms with E-state index in [9.17, 15) is 0 Å². The number of benzene rings is 1. The number of aryl methyl sites for hydroxylation is 2. The quantitative estimate of drug-likeness (QED) is 0.874. The van der Waals surface area contributed by atoms with E-state index in [0.717, 1.165) is 12.1 Å². The predicted molar refractivity (Wildman–Crippen MR) is 86.4 cm³/mol. The van der Waals surface area contributed by atoms with Gasteiger partial charge in [0.1, 0.15) is 0 Å². The van der Waals surface area contributed by atoms with E-state index < -0.39 is 0 Å². The summed E-state index contributed by atoms with van der Waals surface area (Å²) in [4.78, 5) is 7.02. The molecule has 20 heavy (non-hydrogen) atoms. The summed E-state index contributed by atoms with van der Waals surface area (Å²) in [6.07, 6.45) is 3.02. The van der Waals surface area contributed by atoms with Gasteiger partial charge in [-0.25, -0.2) is 0 Å². The van der Waals surface area contributed by atoms with Crippen molar-refractivity contribution >= 4 is 11.8 Å². The molecule has 1 heterocycles. The van der Waals surface area contributed by atoms with Crippen LogP contribution in [-0.2, 0) is 0 Å². The highest BCUT2D eigenvalue weighted by Crippen LogP contribution is 2.29. The first-order valence-electron chi connectivity index (χ1n) is 7.02. The van der Waals surface area contributed by atoms with Crippen molar-refractivity contribution in [1.29, 1.82) is 0 Å². The van der Waals surface area contributed by atoms with Gasteiger partial charge in [0.2, 0.25) is 0 Å². The molecule has 0 amide bonds. The van der Waals surface area contributed by atoms with E-state index in [1.165, 1.54) is 20.9 Å². The van der Waals surface area contributed by atoms with Gasteiger partial charge >= 0.3 is 0 Å². The predicted octanol–water partition coefficient (Wildman–Crippen LogP) is 4.52. The van der Waals surface area contributed by atoms with Crippen LogP contribution in [0.15, 0.2) is 46.3 Å². The molecule has 1 unspecified atom stereocenters. The Morgan fingerprint density at radius 1 is 1.10 bits per heavy atom. The highest BCUT2D eigenvalue weighted by atomic mass is 32.2. The number of rotatable bonds is 5. The maximum Gasteiger partial charge on any atom is 0.0573 e. The van der Waals surface area contributed by atoms with Crippen molar-refractivity contribution in [2.24, 2.45) is 0 Å². The van der Waals surface area contributed by atoms with Crippen LogP contribution in [-0.4, -0.2) is 12.0 Å². The van der Waals surface area contributed by atoms with Gasteiger partial charge in [-0.3, -0.25) is 4.98 Å². The number of pyridine rings is 1. The van der Waals surface area contributed by atoms with Crippen molar-refractivity contribution in [3.8, 4) is 0 Å². The van der Waals surface area contributed by atoms with E-state index in [1.807, 2.05) is 13.2 Å². The molecular weight excluding hydrogens is 264 g/mol. The molecule has 3 heteroatoms. The van der Waals surface area contributed by atoms with Crippen molar-refractivity contribution in [2.75, 3.05) is 7.05 Å². The lowest BCUT2D eigenvalue weighted by Crippen LogP contribution is -2.16. The number of hydrogen-bond donors (Lipinski definition) is 1. The number of nitrogens with one attached hydrogen (secondary N) is 1. The van der Waals surface area contributed by atoms with E-state index >= 15 is 0 Å². The Bertz CT molecular complexity index is 560. The van der Waals surface area contributed by atoms with E-state index in [2.05, 4.69) is 61.4 Å². The Balaban J connectivity index is 2.12. The molecule has 2 rings (SSSR count). The van der Waals surface area contributed by atoms with Crippen LogP contribution in [0.25, 0.3) is 0 Å². The van der Waals surface area contributed by atoms with E-state index in [1.54, 1.807) is 11.8 Å². The summed E-state index contributed by atoms with van der Waals surface area (Å²) in [6, 6.07) is 11.2. The Morgan fingerprint density at radius 2 is 1.85 bits per heavy atom. The molecule has 0 aliphatic rings. The van der Waals surface area contributed by atoms with E-state index in [4.69, 9.17) is 0 Å². The van der Waals surface area contributed by atoms with Crippen LogP contribution < -0.4 is 5.32 Å². The zero-order valence-corrected chi connectivity index (χ0v) is 13.4. The topological polar surface area (TPSA) is 24.9 Å². The lowest BCUT2D eigenvalue weighted by Gasteiger charge is -2.13. The van der Waals surface area contributed by atoms with Crippen molar-refractivity contribution in [1.82, 2.24) is 10.3 Å². The molecule has 2 aromatic rings. The minimum atomic E-state index is 0.343. The van der Waals surface area contributed by atoms with Crippen LogP contribution in [0.2, 0.25) is 0 Å². The summed E-state index contributed by atoms with van der Waals surface area (Å²) >= 11 is 1.76. The maximum absolute atomic E-state index is 4.57. The Morgan fingerprint density at radius 3 is 2.40 bits per heavy atom. The molecule has 1 aromatic heterocycles. The van der Waals surface area contributed by atoms with E-state index in [0.29, 0.717) is 6.04 Å². The molecular formula is C17H22N2S. The third kappa shape index (κ3) is 3.62. The van der Waals surface area contributed by atoms with Crippen LogP contribution in [0.1, 0.15) is 36.2 Å². The molecule has 1 aromatic carbocycles. The van der Waals surface area contributed by atoms with Gasteiger partial charge in [-0.2, -0.15) is 0 Å². The van der Waals surface area contributed by atoms with Gasteiger partial charge in [0.05, 0.1) is 5.69 Å². The average molecular weight is 286 g/mol. The van der Waals surface area contributed by atoms with Crippen LogP contribution in [0.5, 0.6) is 0 Å². The summed E-state index contributed by atoms with van der Waals surface area (Å²) in [5.74, 6) is 0. The van der Waals surface area contributed by atoms with Crippen LogP contribution >= 0.6 is 11.8 Å². The normalized spacial score (nSPS) is 12.4. The third-order valence-electron chi connectivity index (χ3n) is 3.59. The first-order chi connectivity index (χ1) is 9.63. The van der Waals surface area contributed by atoms with Gasteiger partial charge in [0.15, 0.2) is 0 Å². The van der Waals surface area contributed by atoms with Gasteiger partial charge in [0.25, 0.3) is 0 Å². The van der Waals surface area contributed by atoms with Crippen LogP contribution in [0.4, 0.5) is 0 Å². The number of hydrogen-bond acceptors (Lipinski definition) is 3. The molecule has 0 bridgehead atoms. The van der Waals surface area contributed by atoms with Crippen molar-refractivity contribution in [3.63, 3.8) is 0 Å². The van der Waals surface area contributed by atoms with Crippen molar-refractivity contribution in [2.45, 2.75) is 43.0 Å². The summed E-state index contributed by atoms with van der Waals surface area (Å²) in [5.41, 5.74) is 3.78. The second-order valence-corrected chi connectivity index (χ2v) is 6.16. The molecule has 106 valence electrons. The zero-order chi connectivity index (χ0) is 14.5. The summed E-state index contributed by atoms with van der Waals surface area (Å²) < 4.78 is 0. The molecule has 0 saturated heterocycles. The highest BCUT2D eigenvalue weighted by molar-refractivity contribution is 7.99. The molecule has 1 atom stereocenters. The largest absolute Gasteiger partial charge is 0.312 e. The minimum absolute atomic E-state index is 0.343. The molecule has 0 fully saturated rings. The molecule has 0 saturated carbocycles. The van der Waals surface area contributed by atoms with Crippen molar-refractivity contribution in [3.05, 3.63) is 53.3 Å². The van der Waals surface area contributed by atoms with E-state index in [-0.39, 0.29) is 0 Å². The molecule has 0 spiro atoms. The first kappa shape index (κ1) is 15.1. The molecule has 1 N–H and O–H groups in total. The fourth-order valence-corrected chi connectivity index (χ4v) is 3.02. The maximum atomic E-state index is 4.57. The summed E-state index contributed by atoms with van der Waals surface area (Å²) in [7, 11) is 1.98. The summed E-state index contributed by atoms with van der Waals surface area (Å²) in [5, 5.41) is 3.28. The smallest absolute Gasteiger partial charge is 0.0573 e. The molecule has 0 aliphatic heterocycles. The lowest BCUT2D eigenvalue weighted by atomic mass is 10.1. The Labute approximate surface area is 126 Å². The average Bonchev–Trinajstić information content (AvgIpc) is 2.46. The Hall–Kier alpha value is -1.32. The fourth-order valence-electron chi connectivity index (χ4n) is 2.13. The monoisotopic (exact) mass is 286 g/mol. The van der Waals surface area contributed by atoms with Crippen molar-refractivity contribution < 1.29 is 0 Å². The number of nitrogens with zero attached hydrogens (tertiary/aromatic N) is 1. The standard InChI is InChI=1S/C17H22N2S/c1-5-16(18-4)17-9-8-15(11-19-17)20-14-7-6-12(2)13(3)10-14/h6-11,16,18H,5H2,1-4H3. The van der Waals surface area contributed by atoms with Gasteiger partial charge in [0, 0.05) is 22.0 Å². The van der Waals surface area contributed by atoms with Crippen LogP contribution in [0, 0.1) is 13.8 Å². The van der Waals surface area contributed by atoms with Gasteiger partial charge < -0.3 is 5.32 Å². The molecule has 0 aliphatic carbocycles. The van der Waals surface area contributed by atoms with Crippen LogP contribution in [0.3, 0.4) is 0 Å². The lowest BCUT2D eigenvalue weighted by molar-refractivity contribution is 0.561. The minimum Gasteiger partial charge on any atom is -0.312 e. The molecule has 2 nitrogen and oxygen atoms in total. The second-order valence-electron chi connectivity index (χ2n) is 5.02. The molecule has 0 radical (unpaired) electrons. The second kappa shape index (κ2) is 6.91. The number of aromatic nitrogens is 1. The summed E-state index contributed by atoms with van der Waals surface area (Å²) in [6.45, 7) is 6.46. The third-order valence-corrected chi connectivity index (χ3v) is 4.55. The zero-order valence-electron chi connectivity index (χ0n) is 12.6. The van der Waals surface area contributed by atoms with Gasteiger partial charge in [-0.15, -0.1) is 0 Å². The first-order valence-corrected chi connectivity index (χ1v) is 7.84. The highest BCUT2D eigenvalue weighted by Gasteiger charge is 2.08. The van der Waals surface area contributed by atoms with Gasteiger partial charge in [-0.1, -0.05) is 24.8 Å². The van der Waals surface area contributed by atoms with Gasteiger partial charge in [-0.05, 0) is 62.7 Å². The Kier molecular flexibility index (Phi) is 5.21. The fraction of sp³-hybridized carbons (Fsp3) is 0.353. The SMILES string of the molecule is CCC(NC)c1ccc(Sc2ccc(C)c(C)c2)cn1.